The van der Waals surface area contributed by atoms with Crippen LogP contribution in [0.1, 0.15) is 31.7 Å². The molecule has 0 spiro atoms. The Morgan fingerprint density at radius 1 is 1.32 bits per heavy atom. The highest BCUT2D eigenvalue weighted by molar-refractivity contribution is 5.40. The van der Waals surface area contributed by atoms with Gasteiger partial charge in [-0.05, 0) is 49.4 Å². The highest BCUT2D eigenvalue weighted by atomic mass is 16.5. The molecule has 0 atom stereocenters. The van der Waals surface area contributed by atoms with E-state index in [-0.39, 0.29) is 0 Å². The number of rotatable bonds is 6. The second kappa shape index (κ2) is 7.51. The van der Waals surface area contributed by atoms with Gasteiger partial charge >= 0.3 is 0 Å². The maximum absolute atomic E-state index is 5.86. The molecule has 0 aromatic heterocycles. The minimum absolute atomic E-state index is 0.793. The third kappa shape index (κ3) is 4.84. The second-order valence-corrected chi connectivity index (χ2v) is 5.54. The van der Waals surface area contributed by atoms with Gasteiger partial charge in [0.05, 0.1) is 0 Å². The van der Waals surface area contributed by atoms with Crippen molar-refractivity contribution in [2.45, 2.75) is 32.7 Å². The molecule has 1 aliphatic rings. The molecule has 1 aromatic rings. The molecule has 0 unspecified atom stereocenters. The zero-order chi connectivity index (χ0) is 13.5. The summed E-state index contributed by atoms with van der Waals surface area (Å²) in [6.07, 6.45) is 3.61. The van der Waals surface area contributed by atoms with Gasteiger partial charge < -0.3 is 10.5 Å². The van der Waals surface area contributed by atoms with E-state index in [2.05, 4.69) is 24.0 Å². The molecule has 3 heteroatoms. The van der Waals surface area contributed by atoms with Gasteiger partial charge in [-0.2, -0.15) is 0 Å². The van der Waals surface area contributed by atoms with Crippen molar-refractivity contribution in [3.63, 3.8) is 0 Å². The van der Waals surface area contributed by atoms with Crippen LogP contribution in [0, 0.1) is 5.92 Å². The summed E-state index contributed by atoms with van der Waals surface area (Å²) < 4.78 is 5.44. The minimum Gasteiger partial charge on any atom is -0.399 e. The summed E-state index contributed by atoms with van der Waals surface area (Å²) in [6.45, 7) is 7.47. The molecule has 19 heavy (non-hydrogen) atoms. The summed E-state index contributed by atoms with van der Waals surface area (Å²) in [5.41, 5.74) is 8.04. The quantitative estimate of drug-likeness (QED) is 0.801. The van der Waals surface area contributed by atoms with Crippen LogP contribution in [0.2, 0.25) is 0 Å². The van der Waals surface area contributed by atoms with Gasteiger partial charge in [0.2, 0.25) is 0 Å². The number of nitrogens with two attached hydrogens (primary N) is 1. The standard InChI is InChI=1S/C16H26N2O/c1-2-8-18(12-14-6-9-19-10-7-14)13-15-4-3-5-16(17)11-15/h3-5,11,14H,2,6-10,12-13,17H2,1H3. The lowest BCUT2D eigenvalue weighted by Gasteiger charge is -2.29. The van der Waals surface area contributed by atoms with E-state index < -0.39 is 0 Å². The fraction of sp³-hybridized carbons (Fsp3) is 0.625. The van der Waals surface area contributed by atoms with Crippen molar-refractivity contribution in [1.29, 1.82) is 0 Å². The molecular weight excluding hydrogens is 236 g/mol. The summed E-state index contributed by atoms with van der Waals surface area (Å²) in [5.74, 6) is 0.793. The van der Waals surface area contributed by atoms with Crippen LogP contribution in [-0.2, 0) is 11.3 Å². The number of anilines is 1. The molecule has 106 valence electrons. The molecule has 3 nitrogen and oxygen atoms in total. The number of nitrogens with zero attached hydrogens (tertiary/aromatic N) is 1. The first kappa shape index (κ1) is 14.4. The van der Waals surface area contributed by atoms with Crippen LogP contribution in [0.15, 0.2) is 24.3 Å². The van der Waals surface area contributed by atoms with Gasteiger partial charge in [-0.25, -0.2) is 0 Å². The Hall–Kier alpha value is -1.06. The minimum atomic E-state index is 0.793. The van der Waals surface area contributed by atoms with E-state index in [9.17, 15) is 0 Å². The van der Waals surface area contributed by atoms with Crippen molar-refractivity contribution in [1.82, 2.24) is 4.90 Å². The van der Waals surface area contributed by atoms with Gasteiger partial charge in [0.1, 0.15) is 0 Å². The van der Waals surface area contributed by atoms with Crippen LogP contribution in [-0.4, -0.2) is 31.2 Å². The van der Waals surface area contributed by atoms with Crippen molar-refractivity contribution in [3.8, 4) is 0 Å². The second-order valence-electron chi connectivity index (χ2n) is 5.54. The van der Waals surface area contributed by atoms with Crippen LogP contribution >= 0.6 is 0 Å². The van der Waals surface area contributed by atoms with Gasteiger partial charge in [-0.15, -0.1) is 0 Å². The van der Waals surface area contributed by atoms with Crippen LogP contribution in [0.25, 0.3) is 0 Å². The average Bonchev–Trinajstić information content (AvgIpc) is 2.40. The first-order valence-corrected chi connectivity index (χ1v) is 7.42. The van der Waals surface area contributed by atoms with Gasteiger partial charge in [0.15, 0.2) is 0 Å². The first-order valence-electron chi connectivity index (χ1n) is 7.42. The number of benzene rings is 1. The van der Waals surface area contributed by atoms with E-state index >= 15 is 0 Å². The zero-order valence-corrected chi connectivity index (χ0v) is 12.0. The van der Waals surface area contributed by atoms with Gasteiger partial charge in [-0.3, -0.25) is 4.90 Å². The zero-order valence-electron chi connectivity index (χ0n) is 12.0. The maximum Gasteiger partial charge on any atom is 0.0469 e. The summed E-state index contributed by atoms with van der Waals surface area (Å²) in [5, 5.41) is 0. The molecule has 0 aliphatic carbocycles. The van der Waals surface area contributed by atoms with Crippen molar-refractivity contribution in [3.05, 3.63) is 29.8 Å². The summed E-state index contributed by atoms with van der Waals surface area (Å²) in [4.78, 5) is 2.56. The molecule has 0 bridgehead atoms. The van der Waals surface area contributed by atoms with Crippen LogP contribution < -0.4 is 5.73 Å². The van der Waals surface area contributed by atoms with Crippen molar-refractivity contribution < 1.29 is 4.74 Å². The Morgan fingerprint density at radius 3 is 2.79 bits per heavy atom. The normalized spacial score (nSPS) is 16.9. The van der Waals surface area contributed by atoms with Crippen LogP contribution in [0.4, 0.5) is 5.69 Å². The maximum atomic E-state index is 5.86. The highest BCUT2D eigenvalue weighted by Gasteiger charge is 2.17. The van der Waals surface area contributed by atoms with Gasteiger partial charge in [-0.1, -0.05) is 19.1 Å². The van der Waals surface area contributed by atoms with E-state index in [1.165, 1.54) is 31.4 Å². The third-order valence-corrected chi connectivity index (χ3v) is 3.75. The molecule has 1 heterocycles. The van der Waals surface area contributed by atoms with Gasteiger partial charge in [0.25, 0.3) is 0 Å². The lowest BCUT2D eigenvalue weighted by molar-refractivity contribution is 0.0514. The van der Waals surface area contributed by atoms with Crippen LogP contribution in [0.5, 0.6) is 0 Å². The third-order valence-electron chi connectivity index (χ3n) is 3.75. The molecule has 0 saturated carbocycles. The van der Waals surface area contributed by atoms with E-state index in [1.807, 2.05) is 12.1 Å². The monoisotopic (exact) mass is 262 g/mol. The molecule has 1 aliphatic heterocycles. The van der Waals surface area contributed by atoms with Crippen LogP contribution in [0.3, 0.4) is 0 Å². The SMILES string of the molecule is CCCN(Cc1cccc(N)c1)CC1CCOCC1. The molecule has 1 fully saturated rings. The van der Waals surface area contributed by atoms with Crippen molar-refractivity contribution >= 4 is 5.69 Å². The summed E-state index contributed by atoms with van der Waals surface area (Å²) >= 11 is 0. The molecule has 0 amide bonds. The lowest BCUT2D eigenvalue weighted by Crippen LogP contribution is -2.32. The van der Waals surface area contributed by atoms with E-state index in [1.54, 1.807) is 0 Å². The number of hydrogen-bond donors (Lipinski definition) is 1. The van der Waals surface area contributed by atoms with Crippen molar-refractivity contribution in [2.75, 3.05) is 32.0 Å². The summed E-state index contributed by atoms with van der Waals surface area (Å²) in [7, 11) is 0. The largest absolute Gasteiger partial charge is 0.399 e. The van der Waals surface area contributed by atoms with Gasteiger partial charge in [0, 0.05) is 32.0 Å². The first-order chi connectivity index (χ1) is 9.28. The molecule has 2 rings (SSSR count). The van der Waals surface area contributed by atoms with E-state index in [0.29, 0.717) is 0 Å². The Kier molecular flexibility index (Phi) is 5.67. The Morgan fingerprint density at radius 2 is 2.11 bits per heavy atom. The Bertz CT molecular complexity index is 375. The lowest BCUT2D eigenvalue weighted by atomic mass is 9.99. The predicted molar refractivity (Wildman–Crippen MR) is 80.0 cm³/mol. The average molecular weight is 262 g/mol. The molecule has 2 N–H and O–H groups in total. The Balaban J connectivity index is 1.91. The van der Waals surface area contributed by atoms with E-state index in [4.69, 9.17) is 10.5 Å². The molecule has 0 radical (unpaired) electrons. The molecule has 1 aromatic carbocycles. The van der Waals surface area contributed by atoms with Crippen molar-refractivity contribution in [2.24, 2.45) is 5.92 Å². The number of nitrogen functional groups attached to an aromatic ring is 1. The number of hydrogen-bond acceptors (Lipinski definition) is 3. The topological polar surface area (TPSA) is 38.5 Å². The number of ether oxygens (including phenoxy) is 1. The fourth-order valence-electron chi connectivity index (χ4n) is 2.79. The molecule has 1 saturated heterocycles. The fourth-order valence-corrected chi connectivity index (χ4v) is 2.79. The highest BCUT2D eigenvalue weighted by Crippen LogP contribution is 2.18. The molecular formula is C16H26N2O. The van der Waals surface area contributed by atoms with E-state index in [0.717, 1.165) is 37.9 Å². The predicted octanol–water partition coefficient (Wildman–Crippen LogP) is 2.91. The summed E-state index contributed by atoms with van der Waals surface area (Å²) in [6, 6.07) is 8.25. The Labute approximate surface area is 116 Å². The smallest absolute Gasteiger partial charge is 0.0469 e.